The lowest BCUT2D eigenvalue weighted by Crippen LogP contribution is -2.26. The van der Waals surface area contributed by atoms with Gasteiger partial charge in [0.15, 0.2) is 11.5 Å². The van der Waals surface area contributed by atoms with E-state index in [-0.39, 0.29) is 28.9 Å². The first-order chi connectivity index (χ1) is 18.3. The minimum atomic E-state index is -3.69. The Bertz CT molecular complexity index is 1530. The van der Waals surface area contributed by atoms with Crippen LogP contribution in [0.1, 0.15) is 16.8 Å². The van der Waals surface area contributed by atoms with Crippen LogP contribution in [0.15, 0.2) is 82.1 Å². The molecule has 38 heavy (non-hydrogen) atoms. The number of nitrogens with one attached hydrogen (secondary N) is 1. The van der Waals surface area contributed by atoms with Crippen molar-refractivity contribution in [1.29, 1.82) is 5.26 Å². The van der Waals surface area contributed by atoms with Crippen LogP contribution >= 0.6 is 0 Å². The summed E-state index contributed by atoms with van der Waals surface area (Å²) in [5.74, 6) is 1.76. The van der Waals surface area contributed by atoms with Gasteiger partial charge < -0.3 is 19.2 Å². The van der Waals surface area contributed by atoms with Gasteiger partial charge in [-0.25, -0.2) is 8.42 Å². The second-order valence-corrected chi connectivity index (χ2v) is 10.5. The number of benzene rings is 3. The average Bonchev–Trinajstić information content (AvgIpc) is 3.36. The molecule has 0 aliphatic rings. The number of rotatable bonds is 11. The first-order valence-electron chi connectivity index (χ1n) is 11.8. The Balaban J connectivity index is 1.44. The van der Waals surface area contributed by atoms with Crippen LogP contribution in [-0.4, -0.2) is 45.5 Å². The van der Waals surface area contributed by atoms with Crippen molar-refractivity contribution < 1.29 is 22.3 Å². The first kappa shape index (κ1) is 26.7. The summed E-state index contributed by atoms with van der Waals surface area (Å²) in [6.45, 7) is 0.748. The van der Waals surface area contributed by atoms with Crippen LogP contribution in [0.3, 0.4) is 0 Å². The molecule has 1 N–H and O–H groups in total. The molecule has 1 heterocycles. The minimum Gasteiger partial charge on any atom is -0.493 e. The monoisotopic (exact) mass is 532 g/mol. The molecular formula is C28H28N4O5S. The summed E-state index contributed by atoms with van der Waals surface area (Å²) in [7, 11) is 1.02. The second-order valence-electron chi connectivity index (χ2n) is 8.45. The van der Waals surface area contributed by atoms with E-state index in [1.165, 1.54) is 16.4 Å². The van der Waals surface area contributed by atoms with Crippen molar-refractivity contribution in [3.05, 3.63) is 89.6 Å². The molecule has 0 unspecified atom stereocenters. The van der Waals surface area contributed by atoms with Crippen molar-refractivity contribution in [2.24, 2.45) is 0 Å². The number of anilines is 1. The van der Waals surface area contributed by atoms with E-state index in [4.69, 9.17) is 13.9 Å². The Hall–Kier alpha value is -4.33. The van der Waals surface area contributed by atoms with Gasteiger partial charge in [0.25, 0.3) is 0 Å². The third-order valence-electron chi connectivity index (χ3n) is 5.94. The molecule has 4 rings (SSSR count). The van der Waals surface area contributed by atoms with E-state index in [9.17, 15) is 13.7 Å². The van der Waals surface area contributed by atoms with Gasteiger partial charge in [0.05, 0.1) is 19.1 Å². The van der Waals surface area contributed by atoms with E-state index in [0.717, 1.165) is 11.1 Å². The van der Waals surface area contributed by atoms with E-state index >= 15 is 0 Å². The number of ether oxygens (including phenoxy) is 2. The fourth-order valence-electron chi connectivity index (χ4n) is 3.87. The van der Waals surface area contributed by atoms with Crippen LogP contribution in [0.2, 0.25) is 0 Å². The second kappa shape index (κ2) is 11.8. The van der Waals surface area contributed by atoms with Crippen LogP contribution in [0.5, 0.6) is 11.5 Å². The van der Waals surface area contributed by atoms with E-state index in [2.05, 4.69) is 10.3 Å². The highest BCUT2D eigenvalue weighted by molar-refractivity contribution is 7.89. The van der Waals surface area contributed by atoms with Crippen LogP contribution in [0, 0.1) is 11.3 Å². The molecule has 196 valence electrons. The molecule has 10 heteroatoms. The van der Waals surface area contributed by atoms with E-state index in [0.29, 0.717) is 30.0 Å². The number of hydrogen-bond donors (Lipinski definition) is 1. The predicted molar refractivity (Wildman–Crippen MR) is 143 cm³/mol. The largest absolute Gasteiger partial charge is 0.493 e. The Labute approximate surface area is 222 Å². The zero-order chi connectivity index (χ0) is 27.1. The van der Waals surface area contributed by atoms with E-state index in [1.807, 2.05) is 54.6 Å². The highest BCUT2D eigenvalue weighted by Crippen LogP contribution is 2.29. The average molecular weight is 533 g/mol. The van der Waals surface area contributed by atoms with Crippen molar-refractivity contribution in [3.63, 3.8) is 0 Å². The maximum absolute atomic E-state index is 13.0. The van der Waals surface area contributed by atoms with Gasteiger partial charge in [0.2, 0.25) is 27.5 Å². The van der Waals surface area contributed by atoms with Crippen molar-refractivity contribution >= 4 is 15.9 Å². The lowest BCUT2D eigenvalue weighted by Gasteiger charge is -2.17. The summed E-state index contributed by atoms with van der Waals surface area (Å²) >= 11 is 0. The van der Waals surface area contributed by atoms with Crippen LogP contribution in [0.4, 0.5) is 5.88 Å². The number of sulfonamides is 1. The number of hydrogen-bond acceptors (Lipinski definition) is 8. The highest BCUT2D eigenvalue weighted by atomic mass is 32.2. The van der Waals surface area contributed by atoms with Crippen molar-refractivity contribution in [1.82, 2.24) is 9.29 Å². The van der Waals surface area contributed by atoms with Gasteiger partial charge in [-0.1, -0.05) is 36.4 Å². The zero-order valence-electron chi connectivity index (χ0n) is 21.3. The van der Waals surface area contributed by atoms with Gasteiger partial charge in [0.1, 0.15) is 6.07 Å². The third kappa shape index (κ3) is 5.96. The number of nitrogens with zero attached hydrogens (tertiary/aromatic N) is 3. The van der Waals surface area contributed by atoms with Gasteiger partial charge in [0, 0.05) is 25.7 Å². The standard InChI is InChI=1S/C28H28N4O5S/c1-32(19-21-7-5-4-6-8-21)38(33,34)23-12-10-22(11-13-23)27-31-24(18-29)28(37-27)30-16-15-20-9-14-25(35-2)26(17-20)36-3/h4-14,17,30H,15-16,19H2,1-3H3. The fourth-order valence-corrected chi connectivity index (χ4v) is 5.03. The maximum atomic E-state index is 13.0. The van der Waals surface area contributed by atoms with Crippen molar-refractivity contribution in [2.75, 3.05) is 33.1 Å². The fraction of sp³-hybridized carbons (Fsp3) is 0.214. The number of aromatic nitrogens is 1. The Morgan fingerprint density at radius 3 is 2.34 bits per heavy atom. The summed E-state index contributed by atoms with van der Waals surface area (Å²) in [4.78, 5) is 4.42. The molecule has 0 bridgehead atoms. The predicted octanol–water partition coefficient (Wildman–Crippen LogP) is 4.71. The first-order valence-corrected chi connectivity index (χ1v) is 13.3. The molecule has 0 radical (unpaired) electrons. The Morgan fingerprint density at radius 2 is 1.68 bits per heavy atom. The molecule has 0 aliphatic carbocycles. The molecule has 9 nitrogen and oxygen atoms in total. The molecule has 0 saturated carbocycles. The molecule has 0 aliphatic heterocycles. The Morgan fingerprint density at radius 1 is 0.974 bits per heavy atom. The lowest BCUT2D eigenvalue weighted by atomic mass is 10.1. The van der Waals surface area contributed by atoms with Gasteiger partial charge >= 0.3 is 0 Å². The topological polar surface area (TPSA) is 118 Å². The summed E-state index contributed by atoms with van der Waals surface area (Å²) in [6, 6.07) is 23.3. The molecule has 0 saturated heterocycles. The number of methoxy groups -OCH3 is 2. The smallest absolute Gasteiger partial charge is 0.243 e. The van der Waals surface area contributed by atoms with E-state index < -0.39 is 10.0 Å². The molecule has 1 aromatic heterocycles. The van der Waals surface area contributed by atoms with Crippen LogP contribution < -0.4 is 14.8 Å². The van der Waals surface area contributed by atoms with Crippen molar-refractivity contribution in [2.45, 2.75) is 17.9 Å². The van der Waals surface area contributed by atoms with Crippen LogP contribution in [0.25, 0.3) is 11.5 Å². The van der Waals surface area contributed by atoms with Gasteiger partial charge in [-0.15, -0.1) is 0 Å². The molecule has 0 spiro atoms. The third-order valence-corrected chi connectivity index (χ3v) is 7.76. The highest BCUT2D eigenvalue weighted by Gasteiger charge is 2.22. The molecular weight excluding hydrogens is 504 g/mol. The van der Waals surface area contributed by atoms with Gasteiger partial charge in [-0.05, 0) is 53.9 Å². The molecule has 0 amide bonds. The van der Waals surface area contributed by atoms with Gasteiger partial charge in [-0.3, -0.25) is 0 Å². The lowest BCUT2D eigenvalue weighted by molar-refractivity contribution is 0.354. The summed E-state index contributed by atoms with van der Waals surface area (Å²) < 4.78 is 43.8. The van der Waals surface area contributed by atoms with Crippen LogP contribution in [-0.2, 0) is 23.0 Å². The molecule has 3 aromatic carbocycles. The molecule has 4 aromatic rings. The Kier molecular flexibility index (Phi) is 8.31. The number of nitriles is 1. The number of oxazole rings is 1. The van der Waals surface area contributed by atoms with Gasteiger partial charge in [-0.2, -0.15) is 14.6 Å². The molecule has 0 atom stereocenters. The minimum absolute atomic E-state index is 0.117. The normalized spacial score (nSPS) is 11.2. The summed E-state index contributed by atoms with van der Waals surface area (Å²) in [5, 5.41) is 12.6. The van der Waals surface area contributed by atoms with Crippen molar-refractivity contribution in [3.8, 4) is 29.0 Å². The SMILES string of the molecule is COc1ccc(CCNc2oc(-c3ccc(S(=O)(=O)N(C)Cc4ccccc4)cc3)nc2C#N)cc1OC. The molecule has 0 fully saturated rings. The summed E-state index contributed by atoms with van der Waals surface area (Å²) in [6.07, 6.45) is 0.643. The quantitative estimate of drug-likeness (QED) is 0.295. The maximum Gasteiger partial charge on any atom is 0.243 e. The zero-order valence-corrected chi connectivity index (χ0v) is 22.2. The van der Waals surface area contributed by atoms with E-state index in [1.54, 1.807) is 33.4 Å². The summed E-state index contributed by atoms with van der Waals surface area (Å²) in [5.41, 5.74) is 2.58.